The van der Waals surface area contributed by atoms with Gasteiger partial charge in [-0.15, -0.1) is 0 Å². The zero-order valence-corrected chi connectivity index (χ0v) is 12.0. The number of carboxylic acids is 1. The van der Waals surface area contributed by atoms with Gasteiger partial charge in [-0.05, 0) is 30.5 Å². The molecule has 2 N–H and O–H groups in total. The lowest BCUT2D eigenvalue weighted by Gasteiger charge is -2.11. The minimum atomic E-state index is -1.08. The van der Waals surface area contributed by atoms with E-state index in [0.29, 0.717) is 23.7 Å². The molecule has 1 aromatic heterocycles. The van der Waals surface area contributed by atoms with Gasteiger partial charge in [0.25, 0.3) is 0 Å². The van der Waals surface area contributed by atoms with E-state index in [1.807, 2.05) is 12.1 Å². The monoisotopic (exact) mass is 299 g/mol. The molecule has 0 unspecified atom stereocenters. The first kappa shape index (κ1) is 14.3. The van der Waals surface area contributed by atoms with Crippen molar-refractivity contribution in [3.8, 4) is 5.69 Å². The number of hydrogen-bond acceptors (Lipinski definition) is 3. The van der Waals surface area contributed by atoms with Gasteiger partial charge in [0.1, 0.15) is 0 Å². The molecule has 0 bridgehead atoms. The minimum Gasteiger partial charge on any atom is -0.476 e. The second-order valence-electron chi connectivity index (χ2n) is 5.50. The van der Waals surface area contributed by atoms with E-state index in [1.165, 1.54) is 23.6 Å². The lowest BCUT2D eigenvalue weighted by Crippen LogP contribution is -2.13. The minimum absolute atomic E-state index is 0.0232. The predicted molar refractivity (Wildman–Crippen MR) is 81.1 cm³/mol. The van der Waals surface area contributed by atoms with Crippen molar-refractivity contribution in [2.24, 2.45) is 5.92 Å². The third-order valence-electron chi connectivity index (χ3n) is 3.71. The number of para-hydroxylation sites is 2. The van der Waals surface area contributed by atoms with Crippen molar-refractivity contribution in [3.63, 3.8) is 0 Å². The van der Waals surface area contributed by atoms with Crippen LogP contribution in [0, 0.1) is 5.92 Å². The summed E-state index contributed by atoms with van der Waals surface area (Å²) in [7, 11) is 0. The largest absolute Gasteiger partial charge is 0.476 e. The highest BCUT2D eigenvalue weighted by Gasteiger charge is 2.22. The molecule has 6 heteroatoms. The molecule has 1 saturated carbocycles. The first-order chi connectivity index (χ1) is 10.6. The molecule has 1 fully saturated rings. The van der Waals surface area contributed by atoms with Crippen molar-refractivity contribution in [2.45, 2.75) is 25.7 Å². The number of benzene rings is 1. The van der Waals surface area contributed by atoms with Gasteiger partial charge in [-0.2, -0.15) is 5.10 Å². The topological polar surface area (TPSA) is 84.2 Å². The van der Waals surface area contributed by atoms with Crippen molar-refractivity contribution in [3.05, 3.63) is 42.2 Å². The van der Waals surface area contributed by atoms with Crippen molar-refractivity contribution >= 4 is 17.6 Å². The van der Waals surface area contributed by atoms with Crippen LogP contribution in [-0.2, 0) is 4.79 Å². The molecule has 22 heavy (non-hydrogen) atoms. The maximum atomic E-state index is 12.0. The number of carboxylic acid groups (broad SMARTS) is 1. The third kappa shape index (κ3) is 3.33. The SMILES string of the molecule is O=C(CCC1CC1)Nc1ccccc1-n1ccc(C(=O)O)n1. The van der Waals surface area contributed by atoms with Gasteiger partial charge in [-0.25, -0.2) is 9.48 Å². The summed E-state index contributed by atoms with van der Waals surface area (Å²) < 4.78 is 1.46. The molecule has 1 amide bonds. The first-order valence-electron chi connectivity index (χ1n) is 7.31. The number of amides is 1. The Morgan fingerprint density at radius 3 is 2.73 bits per heavy atom. The molecule has 2 aromatic rings. The number of aromatic carboxylic acids is 1. The van der Waals surface area contributed by atoms with Gasteiger partial charge in [-0.1, -0.05) is 25.0 Å². The quantitative estimate of drug-likeness (QED) is 0.859. The van der Waals surface area contributed by atoms with Gasteiger partial charge in [0.2, 0.25) is 5.91 Å². The van der Waals surface area contributed by atoms with Crippen LogP contribution < -0.4 is 5.32 Å². The fraction of sp³-hybridized carbons (Fsp3) is 0.312. The fourth-order valence-electron chi connectivity index (χ4n) is 2.31. The lowest BCUT2D eigenvalue weighted by molar-refractivity contribution is -0.116. The Balaban J connectivity index is 1.76. The van der Waals surface area contributed by atoms with Crippen LogP contribution in [0.2, 0.25) is 0 Å². The van der Waals surface area contributed by atoms with Crippen LogP contribution in [-0.4, -0.2) is 26.8 Å². The zero-order chi connectivity index (χ0) is 15.5. The maximum absolute atomic E-state index is 12.0. The van der Waals surface area contributed by atoms with Crippen LogP contribution in [0.15, 0.2) is 36.5 Å². The second-order valence-corrected chi connectivity index (χ2v) is 5.50. The number of anilines is 1. The Kier molecular flexibility index (Phi) is 3.91. The summed E-state index contributed by atoms with van der Waals surface area (Å²) in [6.07, 6.45) is 5.47. The fourth-order valence-corrected chi connectivity index (χ4v) is 2.31. The Bertz CT molecular complexity index is 704. The number of rotatable bonds is 6. The number of nitrogens with zero attached hydrogens (tertiary/aromatic N) is 2. The summed E-state index contributed by atoms with van der Waals surface area (Å²) in [5.74, 6) is -0.389. The molecule has 0 saturated heterocycles. The molecule has 0 spiro atoms. The summed E-state index contributed by atoms with van der Waals surface area (Å²) in [6.45, 7) is 0. The standard InChI is InChI=1S/C16H17N3O3/c20-15(8-7-11-5-6-11)17-12-3-1-2-4-14(12)19-10-9-13(18-19)16(21)22/h1-4,9-11H,5-8H2,(H,17,20)(H,21,22). The van der Waals surface area contributed by atoms with Crippen LogP contribution in [0.3, 0.4) is 0 Å². The van der Waals surface area contributed by atoms with E-state index in [9.17, 15) is 9.59 Å². The van der Waals surface area contributed by atoms with E-state index in [-0.39, 0.29) is 11.6 Å². The van der Waals surface area contributed by atoms with E-state index in [2.05, 4.69) is 10.4 Å². The lowest BCUT2D eigenvalue weighted by atomic mass is 10.2. The van der Waals surface area contributed by atoms with Crippen LogP contribution >= 0.6 is 0 Å². The third-order valence-corrected chi connectivity index (χ3v) is 3.71. The van der Waals surface area contributed by atoms with Crippen molar-refractivity contribution in [1.29, 1.82) is 0 Å². The van der Waals surface area contributed by atoms with Gasteiger partial charge in [-0.3, -0.25) is 4.79 Å². The zero-order valence-electron chi connectivity index (χ0n) is 12.0. The Labute approximate surface area is 127 Å². The van der Waals surface area contributed by atoms with Gasteiger partial charge in [0, 0.05) is 12.6 Å². The summed E-state index contributed by atoms with van der Waals surface area (Å²) in [6, 6.07) is 8.63. The summed E-state index contributed by atoms with van der Waals surface area (Å²) in [4.78, 5) is 22.9. The molecule has 1 aliphatic carbocycles. The Morgan fingerprint density at radius 2 is 2.05 bits per heavy atom. The summed E-state index contributed by atoms with van der Waals surface area (Å²) >= 11 is 0. The number of carbonyl (C=O) groups is 2. The molecular weight excluding hydrogens is 282 g/mol. The highest BCUT2D eigenvalue weighted by atomic mass is 16.4. The molecule has 1 aromatic carbocycles. The van der Waals surface area contributed by atoms with Crippen LogP contribution in [0.4, 0.5) is 5.69 Å². The van der Waals surface area contributed by atoms with Crippen LogP contribution in [0.1, 0.15) is 36.2 Å². The smallest absolute Gasteiger partial charge is 0.356 e. The van der Waals surface area contributed by atoms with Crippen molar-refractivity contribution < 1.29 is 14.7 Å². The molecule has 1 heterocycles. The number of carbonyl (C=O) groups excluding carboxylic acids is 1. The average molecular weight is 299 g/mol. The van der Waals surface area contributed by atoms with Crippen LogP contribution in [0.5, 0.6) is 0 Å². The number of nitrogens with one attached hydrogen (secondary N) is 1. The normalized spacial score (nSPS) is 13.8. The maximum Gasteiger partial charge on any atom is 0.356 e. The molecule has 1 aliphatic rings. The summed E-state index contributed by atoms with van der Waals surface area (Å²) in [5.41, 5.74) is 1.24. The van der Waals surface area contributed by atoms with E-state index >= 15 is 0 Å². The first-order valence-corrected chi connectivity index (χ1v) is 7.31. The molecule has 3 rings (SSSR count). The van der Waals surface area contributed by atoms with Crippen molar-refractivity contribution in [2.75, 3.05) is 5.32 Å². The molecule has 0 atom stereocenters. The average Bonchev–Trinajstić information content (AvgIpc) is 3.20. The molecule has 114 valence electrons. The highest BCUT2D eigenvalue weighted by Crippen LogP contribution is 2.33. The number of hydrogen-bond donors (Lipinski definition) is 2. The highest BCUT2D eigenvalue weighted by molar-refractivity contribution is 5.93. The predicted octanol–water partition coefficient (Wildman–Crippen LogP) is 2.70. The van der Waals surface area contributed by atoms with E-state index in [0.717, 1.165) is 6.42 Å². The van der Waals surface area contributed by atoms with E-state index in [1.54, 1.807) is 18.3 Å². The Hall–Kier alpha value is -2.63. The van der Waals surface area contributed by atoms with E-state index in [4.69, 9.17) is 5.11 Å². The van der Waals surface area contributed by atoms with Crippen LogP contribution in [0.25, 0.3) is 5.69 Å². The van der Waals surface area contributed by atoms with E-state index < -0.39 is 5.97 Å². The van der Waals surface area contributed by atoms with Gasteiger partial charge in [0.05, 0.1) is 11.4 Å². The van der Waals surface area contributed by atoms with Crippen molar-refractivity contribution in [1.82, 2.24) is 9.78 Å². The molecular formula is C16H17N3O3. The number of aromatic nitrogens is 2. The second kappa shape index (κ2) is 6.01. The van der Waals surface area contributed by atoms with Gasteiger partial charge < -0.3 is 10.4 Å². The van der Waals surface area contributed by atoms with Gasteiger partial charge in [0.15, 0.2) is 5.69 Å². The summed E-state index contributed by atoms with van der Waals surface area (Å²) in [5, 5.41) is 15.8. The molecule has 0 aliphatic heterocycles. The molecule has 6 nitrogen and oxygen atoms in total. The van der Waals surface area contributed by atoms with Gasteiger partial charge >= 0.3 is 5.97 Å². The Morgan fingerprint density at radius 1 is 1.27 bits per heavy atom. The molecule has 0 radical (unpaired) electrons.